The van der Waals surface area contributed by atoms with E-state index in [4.69, 9.17) is 4.74 Å². The Morgan fingerprint density at radius 2 is 1.71 bits per heavy atom. The summed E-state index contributed by atoms with van der Waals surface area (Å²) >= 11 is 0. The Morgan fingerprint density at radius 1 is 1.04 bits per heavy atom. The lowest BCUT2D eigenvalue weighted by atomic mass is 10.2. The van der Waals surface area contributed by atoms with Gasteiger partial charge in [0, 0.05) is 23.6 Å². The summed E-state index contributed by atoms with van der Waals surface area (Å²) in [6, 6.07) is 12.9. The van der Waals surface area contributed by atoms with E-state index in [1.54, 1.807) is 21.7 Å². The van der Waals surface area contributed by atoms with Crippen LogP contribution in [0, 0.1) is 0 Å². The predicted molar refractivity (Wildman–Crippen MR) is 92.3 cm³/mol. The minimum atomic E-state index is -0.506. The molecule has 0 unspecified atom stereocenters. The molecule has 0 aliphatic carbocycles. The topological polar surface area (TPSA) is 54.8 Å². The normalized spacial score (nSPS) is 14.3. The summed E-state index contributed by atoms with van der Waals surface area (Å²) in [5.41, 5.74) is 1.02. The maximum absolute atomic E-state index is 12.3. The van der Waals surface area contributed by atoms with Crippen LogP contribution in [0.25, 0.3) is 5.69 Å². The number of anilines is 1. The van der Waals surface area contributed by atoms with Crippen LogP contribution in [-0.2, 0) is 4.74 Å². The van der Waals surface area contributed by atoms with E-state index in [9.17, 15) is 9.59 Å². The predicted octanol–water partition coefficient (Wildman–Crippen LogP) is 2.81. The first-order valence-electron chi connectivity index (χ1n) is 7.84. The molecule has 6 nitrogen and oxygen atoms in total. The van der Waals surface area contributed by atoms with E-state index in [2.05, 4.69) is 0 Å². The number of carbonyl (C=O) groups excluding carboxylic acids is 1. The highest BCUT2D eigenvalue weighted by Gasteiger charge is 2.32. The molecule has 6 heteroatoms. The third-order valence-corrected chi connectivity index (χ3v) is 3.64. The summed E-state index contributed by atoms with van der Waals surface area (Å²) in [6.07, 6.45) is 1.42. The SMILES string of the molecule is CC(C)(C)OC(=O)N1CN(c2ccn(-c3ccccc3)c(=O)c2)C1. The van der Waals surface area contributed by atoms with E-state index in [0.29, 0.717) is 13.3 Å². The number of hydrogen-bond donors (Lipinski definition) is 0. The van der Waals surface area contributed by atoms with Gasteiger partial charge in [0.05, 0.1) is 13.3 Å². The smallest absolute Gasteiger partial charge is 0.413 e. The Morgan fingerprint density at radius 3 is 2.29 bits per heavy atom. The Hall–Kier alpha value is -2.76. The molecule has 126 valence electrons. The van der Waals surface area contributed by atoms with E-state index in [1.807, 2.05) is 62.1 Å². The molecule has 2 heterocycles. The average molecular weight is 327 g/mol. The van der Waals surface area contributed by atoms with Crippen LogP contribution in [0.1, 0.15) is 20.8 Å². The number of pyridine rings is 1. The maximum atomic E-state index is 12.3. The summed E-state index contributed by atoms with van der Waals surface area (Å²) in [7, 11) is 0. The molecule has 1 aromatic carbocycles. The third-order valence-electron chi connectivity index (χ3n) is 3.64. The van der Waals surface area contributed by atoms with Gasteiger partial charge in [-0.25, -0.2) is 4.79 Å². The van der Waals surface area contributed by atoms with Crippen LogP contribution >= 0.6 is 0 Å². The molecule has 0 bridgehead atoms. The fourth-order valence-electron chi connectivity index (χ4n) is 2.44. The molecule has 1 aliphatic heterocycles. The first kappa shape index (κ1) is 16.1. The summed E-state index contributed by atoms with van der Waals surface area (Å²) in [5.74, 6) is 0. The molecule has 0 radical (unpaired) electrons. The molecule has 1 fully saturated rings. The first-order valence-corrected chi connectivity index (χ1v) is 7.84. The van der Waals surface area contributed by atoms with Crippen LogP contribution in [0.3, 0.4) is 0 Å². The fourth-order valence-corrected chi connectivity index (χ4v) is 2.44. The van der Waals surface area contributed by atoms with Crippen LogP contribution in [-0.4, -0.2) is 34.5 Å². The maximum Gasteiger partial charge on any atom is 0.413 e. The zero-order valence-corrected chi connectivity index (χ0v) is 14.1. The second kappa shape index (κ2) is 6.03. The van der Waals surface area contributed by atoms with E-state index in [0.717, 1.165) is 11.4 Å². The van der Waals surface area contributed by atoms with Crippen molar-refractivity contribution in [1.29, 1.82) is 0 Å². The molecule has 24 heavy (non-hydrogen) atoms. The van der Waals surface area contributed by atoms with Gasteiger partial charge in [-0.1, -0.05) is 18.2 Å². The van der Waals surface area contributed by atoms with Crippen molar-refractivity contribution in [1.82, 2.24) is 9.47 Å². The van der Waals surface area contributed by atoms with Gasteiger partial charge < -0.3 is 9.64 Å². The number of benzene rings is 1. The number of carbonyl (C=O) groups is 1. The number of ether oxygens (including phenoxy) is 1. The van der Waals surface area contributed by atoms with Crippen LogP contribution in [0.4, 0.5) is 10.5 Å². The van der Waals surface area contributed by atoms with E-state index in [-0.39, 0.29) is 11.7 Å². The molecule has 1 aromatic heterocycles. The lowest BCUT2D eigenvalue weighted by molar-refractivity contribution is 0.0137. The Kier molecular flexibility index (Phi) is 4.05. The monoisotopic (exact) mass is 327 g/mol. The van der Waals surface area contributed by atoms with Gasteiger partial charge in [0.1, 0.15) is 5.60 Å². The van der Waals surface area contributed by atoms with Gasteiger partial charge in [0.15, 0.2) is 0 Å². The highest BCUT2D eigenvalue weighted by molar-refractivity contribution is 5.71. The summed E-state index contributed by atoms with van der Waals surface area (Å²) in [4.78, 5) is 27.8. The molecular formula is C18H21N3O3. The highest BCUT2D eigenvalue weighted by Crippen LogP contribution is 2.22. The van der Waals surface area contributed by atoms with Gasteiger partial charge in [-0.05, 0) is 39.0 Å². The molecule has 1 aliphatic rings. The molecule has 0 atom stereocenters. The van der Waals surface area contributed by atoms with Gasteiger partial charge in [-0.2, -0.15) is 0 Å². The number of para-hydroxylation sites is 1. The summed E-state index contributed by atoms with van der Waals surface area (Å²) in [5, 5.41) is 0. The second-order valence-electron chi connectivity index (χ2n) is 6.77. The first-order chi connectivity index (χ1) is 11.3. The Balaban J connectivity index is 1.67. The minimum Gasteiger partial charge on any atom is -0.444 e. The van der Waals surface area contributed by atoms with Crippen molar-refractivity contribution in [3.8, 4) is 5.69 Å². The van der Waals surface area contributed by atoms with Crippen molar-refractivity contribution in [2.45, 2.75) is 26.4 Å². The third kappa shape index (κ3) is 3.42. The van der Waals surface area contributed by atoms with Crippen LogP contribution in [0.15, 0.2) is 53.5 Å². The Labute approximate surface area is 140 Å². The summed E-state index contributed by atoms with van der Waals surface area (Å²) < 4.78 is 6.91. The van der Waals surface area contributed by atoms with Crippen LogP contribution in [0.2, 0.25) is 0 Å². The van der Waals surface area contributed by atoms with Gasteiger partial charge in [-0.3, -0.25) is 14.3 Å². The molecule has 3 rings (SSSR count). The van der Waals surface area contributed by atoms with Gasteiger partial charge in [0.25, 0.3) is 5.56 Å². The van der Waals surface area contributed by atoms with Crippen molar-refractivity contribution >= 4 is 11.8 Å². The molecule has 0 spiro atoms. The molecule has 1 amide bonds. The van der Waals surface area contributed by atoms with Crippen molar-refractivity contribution in [2.75, 3.05) is 18.2 Å². The highest BCUT2D eigenvalue weighted by atomic mass is 16.6. The second-order valence-corrected chi connectivity index (χ2v) is 6.77. The van der Waals surface area contributed by atoms with Crippen molar-refractivity contribution in [3.63, 3.8) is 0 Å². The van der Waals surface area contributed by atoms with E-state index >= 15 is 0 Å². The number of amides is 1. The lowest BCUT2D eigenvalue weighted by Crippen LogP contribution is -2.58. The summed E-state index contributed by atoms with van der Waals surface area (Å²) in [6.45, 7) is 6.36. The van der Waals surface area contributed by atoms with E-state index < -0.39 is 5.60 Å². The zero-order chi connectivity index (χ0) is 17.3. The van der Waals surface area contributed by atoms with Crippen molar-refractivity contribution < 1.29 is 9.53 Å². The lowest BCUT2D eigenvalue weighted by Gasteiger charge is -2.43. The largest absolute Gasteiger partial charge is 0.444 e. The quantitative estimate of drug-likeness (QED) is 0.851. The standard InChI is InChI=1S/C18H21N3O3/c1-18(2,3)24-17(23)20-12-19(13-20)15-9-10-21(16(22)11-15)14-7-5-4-6-8-14/h4-11H,12-13H2,1-3H3. The van der Waals surface area contributed by atoms with Crippen LogP contribution in [0.5, 0.6) is 0 Å². The molecule has 0 N–H and O–H groups in total. The zero-order valence-electron chi connectivity index (χ0n) is 14.1. The fraction of sp³-hybridized carbons (Fsp3) is 0.333. The Bertz CT molecular complexity index is 787. The van der Waals surface area contributed by atoms with Crippen molar-refractivity contribution in [2.24, 2.45) is 0 Å². The number of nitrogens with zero attached hydrogens (tertiary/aromatic N) is 3. The molecule has 1 saturated heterocycles. The van der Waals surface area contributed by atoms with E-state index in [1.165, 1.54) is 0 Å². The number of hydrogen-bond acceptors (Lipinski definition) is 4. The average Bonchev–Trinajstić information content (AvgIpc) is 2.45. The molecule has 0 saturated carbocycles. The van der Waals surface area contributed by atoms with Gasteiger partial charge in [0.2, 0.25) is 0 Å². The van der Waals surface area contributed by atoms with Gasteiger partial charge >= 0.3 is 6.09 Å². The molecular weight excluding hydrogens is 306 g/mol. The molecule has 2 aromatic rings. The van der Waals surface area contributed by atoms with Crippen molar-refractivity contribution in [3.05, 3.63) is 59.0 Å². The number of rotatable bonds is 2. The van der Waals surface area contributed by atoms with Gasteiger partial charge in [-0.15, -0.1) is 0 Å². The number of aromatic nitrogens is 1. The minimum absolute atomic E-state index is 0.102. The van der Waals surface area contributed by atoms with Crippen LogP contribution < -0.4 is 10.5 Å².